The summed E-state index contributed by atoms with van der Waals surface area (Å²) in [6.45, 7) is 0.337. The van der Waals surface area contributed by atoms with E-state index in [1.54, 1.807) is 0 Å². The zero-order valence-electron chi connectivity index (χ0n) is 12.8. The number of hydrogen-bond acceptors (Lipinski definition) is 2. The number of halogens is 1. The van der Waals surface area contributed by atoms with Crippen LogP contribution in [0.2, 0.25) is 0 Å². The van der Waals surface area contributed by atoms with Gasteiger partial charge in [-0.05, 0) is 17.2 Å². The lowest BCUT2D eigenvalue weighted by Gasteiger charge is -2.05. The van der Waals surface area contributed by atoms with E-state index in [0.717, 1.165) is 32.7 Å². The first-order valence-corrected chi connectivity index (χ1v) is 8.29. The van der Waals surface area contributed by atoms with Gasteiger partial charge in [-0.3, -0.25) is 0 Å². The summed E-state index contributed by atoms with van der Waals surface area (Å²) < 4.78 is 1.06. The van der Waals surface area contributed by atoms with Crippen LogP contribution in [0.1, 0.15) is 5.82 Å². The lowest BCUT2D eigenvalue weighted by Crippen LogP contribution is -2.23. The van der Waals surface area contributed by atoms with Gasteiger partial charge in [0.25, 0.3) is 0 Å². The molecule has 3 N–H and O–H groups in total. The van der Waals surface area contributed by atoms with Crippen LogP contribution in [0.4, 0.5) is 4.79 Å². The minimum absolute atomic E-state index is 0.337. The number of amides is 1. The first kappa shape index (κ1) is 16.3. The van der Waals surface area contributed by atoms with Crippen LogP contribution in [-0.4, -0.2) is 27.7 Å². The number of aromatic amines is 1. The number of hydrogen-bond donors (Lipinski definition) is 3. The molecular weight excluding hydrogens is 370 g/mol. The molecule has 0 fully saturated rings. The number of aromatic nitrogens is 2. The van der Waals surface area contributed by atoms with Crippen molar-refractivity contribution in [3.05, 3.63) is 65.0 Å². The van der Waals surface area contributed by atoms with Crippen molar-refractivity contribution in [1.82, 2.24) is 15.3 Å². The third-order valence-corrected chi connectivity index (χ3v) is 4.33. The van der Waals surface area contributed by atoms with Crippen molar-refractivity contribution < 1.29 is 9.90 Å². The fourth-order valence-corrected chi connectivity index (χ4v) is 2.95. The summed E-state index contributed by atoms with van der Waals surface area (Å²) >= 11 is 3.57. The molecule has 1 aromatic heterocycles. The van der Waals surface area contributed by atoms with E-state index in [2.05, 4.69) is 49.4 Å². The van der Waals surface area contributed by atoms with Gasteiger partial charge in [0.05, 0.1) is 5.69 Å². The van der Waals surface area contributed by atoms with Gasteiger partial charge in [-0.1, -0.05) is 58.4 Å². The van der Waals surface area contributed by atoms with Gasteiger partial charge in [-0.2, -0.15) is 0 Å². The number of H-pyrrole nitrogens is 1. The van der Waals surface area contributed by atoms with Crippen LogP contribution < -0.4 is 5.32 Å². The normalized spacial score (nSPS) is 10.5. The molecule has 0 radical (unpaired) electrons. The summed E-state index contributed by atoms with van der Waals surface area (Å²) in [6.07, 6.45) is 1.34. The Morgan fingerprint density at radius 3 is 2.54 bits per heavy atom. The Bertz CT molecular complexity index is 843. The van der Waals surface area contributed by atoms with Crippen LogP contribution in [0.25, 0.3) is 22.4 Å². The zero-order valence-corrected chi connectivity index (χ0v) is 14.4. The molecule has 3 aromatic rings. The summed E-state index contributed by atoms with van der Waals surface area (Å²) in [5.74, 6) is 0.758. The Labute approximate surface area is 147 Å². The number of carbonyl (C=O) groups is 1. The van der Waals surface area contributed by atoms with Crippen molar-refractivity contribution in [3.8, 4) is 22.4 Å². The van der Waals surface area contributed by atoms with Crippen LogP contribution >= 0.6 is 15.9 Å². The second-order valence-electron chi connectivity index (χ2n) is 5.27. The van der Waals surface area contributed by atoms with Crippen molar-refractivity contribution >= 4 is 22.0 Å². The standard InChI is InChI=1S/C18H16BrN3O2/c19-15-4-2-1-3-14(15)12-5-7-13(8-6-12)16-11-21-17(22-16)9-10-20-18(23)24/h1-8,11,20H,9-10H2,(H,21,22)(H,23,24). The van der Waals surface area contributed by atoms with E-state index in [0.29, 0.717) is 13.0 Å². The molecule has 0 unspecified atom stereocenters. The highest BCUT2D eigenvalue weighted by atomic mass is 79.9. The van der Waals surface area contributed by atoms with E-state index in [1.165, 1.54) is 0 Å². The smallest absolute Gasteiger partial charge is 0.404 e. The average molecular weight is 386 g/mol. The molecule has 6 heteroatoms. The minimum Gasteiger partial charge on any atom is -0.465 e. The molecule has 0 aliphatic rings. The van der Waals surface area contributed by atoms with Gasteiger partial charge in [0, 0.05) is 29.2 Å². The van der Waals surface area contributed by atoms with Gasteiger partial charge in [0.15, 0.2) is 0 Å². The topological polar surface area (TPSA) is 78.0 Å². The van der Waals surface area contributed by atoms with Crippen molar-refractivity contribution in [3.63, 3.8) is 0 Å². The Kier molecular flexibility index (Phi) is 4.96. The van der Waals surface area contributed by atoms with E-state index in [4.69, 9.17) is 5.11 Å². The molecule has 1 amide bonds. The van der Waals surface area contributed by atoms with Gasteiger partial charge < -0.3 is 15.4 Å². The fraction of sp³-hybridized carbons (Fsp3) is 0.111. The van der Waals surface area contributed by atoms with Crippen LogP contribution in [0.3, 0.4) is 0 Å². The number of nitrogens with one attached hydrogen (secondary N) is 2. The maximum atomic E-state index is 10.4. The minimum atomic E-state index is -1.02. The van der Waals surface area contributed by atoms with Gasteiger partial charge >= 0.3 is 6.09 Å². The maximum Gasteiger partial charge on any atom is 0.404 e. The van der Waals surface area contributed by atoms with E-state index in [-0.39, 0.29) is 0 Å². The van der Waals surface area contributed by atoms with Gasteiger partial charge in [-0.25, -0.2) is 9.78 Å². The Balaban J connectivity index is 1.73. The molecule has 3 rings (SSSR count). The molecule has 0 bridgehead atoms. The SMILES string of the molecule is O=C(O)NCCc1nc(-c2ccc(-c3ccccc3Br)cc2)c[nH]1. The summed E-state index contributed by atoms with van der Waals surface area (Å²) in [4.78, 5) is 18.0. The van der Waals surface area contributed by atoms with Crippen molar-refractivity contribution in [2.75, 3.05) is 6.54 Å². The lowest BCUT2D eigenvalue weighted by molar-refractivity contribution is 0.194. The Hall–Kier alpha value is -2.60. The molecule has 122 valence electrons. The molecular formula is C18H16BrN3O2. The third-order valence-electron chi connectivity index (χ3n) is 3.63. The first-order valence-electron chi connectivity index (χ1n) is 7.50. The molecule has 0 atom stereocenters. The number of carboxylic acid groups (broad SMARTS) is 1. The van der Waals surface area contributed by atoms with E-state index >= 15 is 0 Å². The summed E-state index contributed by atoms with van der Waals surface area (Å²) in [6, 6.07) is 16.3. The number of rotatable bonds is 5. The van der Waals surface area contributed by atoms with E-state index < -0.39 is 6.09 Å². The monoisotopic (exact) mass is 385 g/mol. The summed E-state index contributed by atoms with van der Waals surface area (Å²) in [7, 11) is 0. The molecule has 5 nitrogen and oxygen atoms in total. The Morgan fingerprint density at radius 2 is 1.83 bits per heavy atom. The van der Waals surface area contributed by atoms with Crippen molar-refractivity contribution in [2.45, 2.75) is 6.42 Å². The van der Waals surface area contributed by atoms with Crippen LogP contribution in [0.15, 0.2) is 59.2 Å². The Morgan fingerprint density at radius 1 is 1.12 bits per heavy atom. The quantitative estimate of drug-likeness (QED) is 0.611. The third kappa shape index (κ3) is 3.83. The maximum absolute atomic E-state index is 10.4. The molecule has 0 saturated carbocycles. The molecule has 0 spiro atoms. The van der Waals surface area contributed by atoms with Crippen LogP contribution in [0.5, 0.6) is 0 Å². The van der Waals surface area contributed by atoms with Gasteiger partial charge in [0.1, 0.15) is 5.82 Å². The molecule has 0 aliphatic carbocycles. The van der Waals surface area contributed by atoms with Crippen LogP contribution in [0, 0.1) is 0 Å². The molecule has 24 heavy (non-hydrogen) atoms. The molecule has 2 aromatic carbocycles. The summed E-state index contributed by atoms with van der Waals surface area (Å²) in [5, 5.41) is 10.9. The number of benzene rings is 2. The van der Waals surface area contributed by atoms with Gasteiger partial charge in [0.2, 0.25) is 0 Å². The van der Waals surface area contributed by atoms with E-state index in [1.807, 2.05) is 36.5 Å². The lowest BCUT2D eigenvalue weighted by atomic mass is 10.0. The highest BCUT2D eigenvalue weighted by Gasteiger charge is 2.06. The van der Waals surface area contributed by atoms with Gasteiger partial charge in [-0.15, -0.1) is 0 Å². The molecule has 0 aliphatic heterocycles. The van der Waals surface area contributed by atoms with Crippen LogP contribution in [-0.2, 0) is 6.42 Å². The predicted octanol–water partition coefficient (Wildman–Crippen LogP) is 4.32. The number of nitrogens with zero attached hydrogens (tertiary/aromatic N) is 1. The second kappa shape index (κ2) is 7.31. The largest absolute Gasteiger partial charge is 0.465 e. The van der Waals surface area contributed by atoms with E-state index in [9.17, 15) is 4.79 Å². The van der Waals surface area contributed by atoms with Crippen molar-refractivity contribution in [2.24, 2.45) is 0 Å². The van der Waals surface area contributed by atoms with Crippen molar-refractivity contribution in [1.29, 1.82) is 0 Å². The zero-order chi connectivity index (χ0) is 16.9. The fourth-order valence-electron chi connectivity index (χ4n) is 2.44. The average Bonchev–Trinajstić information content (AvgIpc) is 3.04. The predicted molar refractivity (Wildman–Crippen MR) is 96.9 cm³/mol. The highest BCUT2D eigenvalue weighted by Crippen LogP contribution is 2.29. The second-order valence-corrected chi connectivity index (χ2v) is 6.13. The first-order chi connectivity index (χ1) is 11.6. The molecule has 1 heterocycles. The molecule has 0 saturated heterocycles. The number of imidazole rings is 1. The summed E-state index contributed by atoms with van der Waals surface area (Å²) in [5.41, 5.74) is 4.14. The highest BCUT2D eigenvalue weighted by molar-refractivity contribution is 9.10.